The van der Waals surface area contributed by atoms with Gasteiger partial charge in [-0.1, -0.05) is 65.2 Å². The maximum absolute atomic E-state index is 13.6. The highest BCUT2D eigenvalue weighted by Crippen LogP contribution is 2.28. The van der Waals surface area contributed by atoms with Crippen LogP contribution in [0.2, 0.25) is 0 Å². The number of benzene rings is 3. The number of likely N-dealkylation sites (tertiary alicyclic amines) is 1. The summed E-state index contributed by atoms with van der Waals surface area (Å²) in [7, 11) is 0. The number of rotatable bonds is 4. The second-order valence-electron chi connectivity index (χ2n) is 9.27. The first-order valence-electron chi connectivity index (χ1n) is 12.4. The van der Waals surface area contributed by atoms with Crippen LogP contribution >= 0.6 is 15.9 Å². The summed E-state index contributed by atoms with van der Waals surface area (Å²) in [4.78, 5) is 33.5. The zero-order chi connectivity index (χ0) is 25.1. The zero-order valence-corrected chi connectivity index (χ0v) is 21.8. The van der Waals surface area contributed by atoms with E-state index in [0.717, 1.165) is 58.1 Å². The van der Waals surface area contributed by atoms with Crippen LogP contribution in [0.3, 0.4) is 0 Å². The van der Waals surface area contributed by atoms with Crippen LogP contribution in [0.5, 0.6) is 0 Å². The number of para-hydroxylation sites is 1. The van der Waals surface area contributed by atoms with E-state index in [9.17, 15) is 9.59 Å². The van der Waals surface area contributed by atoms with Crippen molar-refractivity contribution in [3.8, 4) is 11.3 Å². The first-order chi connectivity index (χ1) is 17.5. The molecule has 1 aliphatic heterocycles. The Morgan fingerprint density at radius 1 is 0.889 bits per heavy atom. The number of aromatic nitrogens is 1. The minimum atomic E-state index is -0.231. The molecule has 1 aromatic heterocycles. The van der Waals surface area contributed by atoms with Gasteiger partial charge in [0, 0.05) is 39.8 Å². The number of hydrogen-bond donors (Lipinski definition) is 1. The molecular weight excluding hydrogens is 514 g/mol. The average Bonchev–Trinajstić information content (AvgIpc) is 3.18. The molecule has 182 valence electrons. The molecule has 3 aromatic carbocycles. The predicted octanol–water partition coefficient (Wildman–Crippen LogP) is 7.24. The van der Waals surface area contributed by atoms with Gasteiger partial charge in [0.25, 0.3) is 11.8 Å². The molecule has 4 aromatic rings. The molecular formula is C30H28BrN3O2. The molecule has 1 saturated heterocycles. The summed E-state index contributed by atoms with van der Waals surface area (Å²) in [5.41, 5.74) is 5.22. The van der Waals surface area contributed by atoms with Crippen LogP contribution in [0.25, 0.3) is 22.2 Å². The maximum Gasteiger partial charge on any atom is 0.256 e. The fourth-order valence-corrected chi connectivity index (χ4v) is 5.00. The fourth-order valence-electron chi connectivity index (χ4n) is 4.73. The lowest BCUT2D eigenvalue weighted by Gasteiger charge is -2.20. The lowest BCUT2D eigenvalue weighted by atomic mass is 10.0. The van der Waals surface area contributed by atoms with Gasteiger partial charge in [-0.2, -0.15) is 0 Å². The molecule has 0 saturated carbocycles. The van der Waals surface area contributed by atoms with Gasteiger partial charge in [0.2, 0.25) is 0 Å². The number of anilines is 1. The summed E-state index contributed by atoms with van der Waals surface area (Å²) in [6, 6.07) is 22.8. The van der Waals surface area contributed by atoms with Crippen molar-refractivity contribution in [1.82, 2.24) is 9.88 Å². The van der Waals surface area contributed by atoms with Gasteiger partial charge >= 0.3 is 0 Å². The Morgan fingerprint density at radius 3 is 2.36 bits per heavy atom. The summed E-state index contributed by atoms with van der Waals surface area (Å²) in [6.45, 7) is 3.58. The van der Waals surface area contributed by atoms with Crippen molar-refractivity contribution in [2.75, 3.05) is 18.4 Å². The number of fused-ring (bicyclic) bond motifs is 1. The van der Waals surface area contributed by atoms with Gasteiger partial charge in [-0.15, -0.1) is 0 Å². The highest BCUT2D eigenvalue weighted by Gasteiger charge is 2.19. The molecule has 0 bridgehead atoms. The molecule has 2 amide bonds. The number of carbonyl (C=O) groups excluding carboxylic acids is 2. The van der Waals surface area contributed by atoms with E-state index in [0.29, 0.717) is 16.8 Å². The standard InChI is InChI=1S/C30H28BrN3O2/c1-20-8-6-11-25-26(19-27(33-28(20)25)21-12-14-23(31)15-13-21)29(35)32-24-10-7-9-22(18-24)30(36)34-16-4-2-3-5-17-34/h6-15,18-19H,2-5,16-17H2,1H3,(H,32,35). The molecule has 0 radical (unpaired) electrons. The molecule has 5 rings (SSSR count). The summed E-state index contributed by atoms with van der Waals surface area (Å²) in [6.07, 6.45) is 4.41. The van der Waals surface area contributed by atoms with E-state index >= 15 is 0 Å². The number of amides is 2. The lowest BCUT2D eigenvalue weighted by Crippen LogP contribution is -2.31. The minimum Gasteiger partial charge on any atom is -0.339 e. The molecule has 2 heterocycles. The number of pyridine rings is 1. The second-order valence-corrected chi connectivity index (χ2v) is 10.2. The molecule has 5 nitrogen and oxygen atoms in total. The third-order valence-corrected chi connectivity index (χ3v) is 7.22. The molecule has 1 N–H and O–H groups in total. The van der Waals surface area contributed by atoms with Crippen LogP contribution in [0.1, 0.15) is 52.0 Å². The quantitative estimate of drug-likeness (QED) is 0.296. The van der Waals surface area contributed by atoms with Gasteiger partial charge in [-0.25, -0.2) is 4.98 Å². The Labute approximate surface area is 219 Å². The fraction of sp³-hybridized carbons (Fsp3) is 0.233. The van der Waals surface area contributed by atoms with Crippen molar-refractivity contribution in [2.24, 2.45) is 0 Å². The summed E-state index contributed by atoms with van der Waals surface area (Å²) in [5, 5.41) is 3.82. The summed E-state index contributed by atoms with van der Waals surface area (Å²) in [5.74, 6) is -0.207. The molecule has 1 aliphatic rings. The monoisotopic (exact) mass is 541 g/mol. The van der Waals surface area contributed by atoms with Gasteiger partial charge in [-0.3, -0.25) is 9.59 Å². The van der Waals surface area contributed by atoms with Crippen molar-refractivity contribution in [3.63, 3.8) is 0 Å². The van der Waals surface area contributed by atoms with E-state index in [-0.39, 0.29) is 11.8 Å². The second kappa shape index (κ2) is 10.6. The first-order valence-corrected chi connectivity index (χ1v) is 13.2. The lowest BCUT2D eigenvalue weighted by molar-refractivity contribution is 0.0761. The van der Waals surface area contributed by atoms with Crippen LogP contribution in [0, 0.1) is 6.92 Å². The number of aryl methyl sites for hydroxylation is 1. The third kappa shape index (κ3) is 5.19. The van der Waals surface area contributed by atoms with Crippen molar-refractivity contribution in [1.29, 1.82) is 0 Å². The smallest absolute Gasteiger partial charge is 0.256 e. The van der Waals surface area contributed by atoms with Crippen molar-refractivity contribution >= 4 is 44.3 Å². The van der Waals surface area contributed by atoms with E-state index in [1.165, 1.54) is 12.8 Å². The van der Waals surface area contributed by atoms with Crippen molar-refractivity contribution in [2.45, 2.75) is 32.6 Å². The Morgan fingerprint density at radius 2 is 1.61 bits per heavy atom. The molecule has 36 heavy (non-hydrogen) atoms. The van der Waals surface area contributed by atoms with Crippen molar-refractivity contribution in [3.05, 3.63) is 94.0 Å². The van der Waals surface area contributed by atoms with E-state index in [1.807, 2.05) is 78.6 Å². The Bertz CT molecular complexity index is 1420. The minimum absolute atomic E-state index is 0.0236. The van der Waals surface area contributed by atoms with E-state index in [4.69, 9.17) is 4.98 Å². The molecule has 0 aliphatic carbocycles. The number of halogens is 1. The van der Waals surface area contributed by atoms with Crippen molar-refractivity contribution < 1.29 is 9.59 Å². The Kier molecular flexibility index (Phi) is 7.14. The Hall–Kier alpha value is -3.51. The van der Waals surface area contributed by atoms with E-state index in [2.05, 4.69) is 21.2 Å². The molecule has 6 heteroatoms. The highest BCUT2D eigenvalue weighted by atomic mass is 79.9. The van der Waals surface area contributed by atoms with E-state index < -0.39 is 0 Å². The van der Waals surface area contributed by atoms with Crippen LogP contribution in [0.4, 0.5) is 5.69 Å². The average molecular weight is 542 g/mol. The number of hydrogen-bond acceptors (Lipinski definition) is 3. The maximum atomic E-state index is 13.6. The van der Waals surface area contributed by atoms with Crippen LogP contribution in [-0.4, -0.2) is 34.8 Å². The predicted molar refractivity (Wildman–Crippen MR) is 148 cm³/mol. The molecule has 0 unspecified atom stereocenters. The summed E-state index contributed by atoms with van der Waals surface area (Å²) >= 11 is 3.48. The van der Waals surface area contributed by atoms with Crippen LogP contribution < -0.4 is 5.32 Å². The Balaban J connectivity index is 1.47. The van der Waals surface area contributed by atoms with Gasteiger partial charge < -0.3 is 10.2 Å². The van der Waals surface area contributed by atoms with Crippen LogP contribution in [0.15, 0.2) is 77.3 Å². The van der Waals surface area contributed by atoms with Crippen LogP contribution in [-0.2, 0) is 0 Å². The topological polar surface area (TPSA) is 62.3 Å². The SMILES string of the molecule is Cc1cccc2c(C(=O)Nc3cccc(C(=O)N4CCCCCC4)c3)cc(-c3ccc(Br)cc3)nc12. The number of nitrogens with zero attached hydrogens (tertiary/aromatic N) is 2. The molecule has 1 fully saturated rings. The van der Waals surface area contributed by atoms with Gasteiger partial charge in [0.05, 0.1) is 16.8 Å². The zero-order valence-electron chi connectivity index (χ0n) is 20.3. The first kappa shape index (κ1) is 24.2. The van der Waals surface area contributed by atoms with Gasteiger partial charge in [0.15, 0.2) is 0 Å². The highest BCUT2D eigenvalue weighted by molar-refractivity contribution is 9.10. The number of nitrogens with one attached hydrogen (secondary N) is 1. The van der Waals surface area contributed by atoms with Gasteiger partial charge in [0.1, 0.15) is 0 Å². The van der Waals surface area contributed by atoms with E-state index in [1.54, 1.807) is 6.07 Å². The normalized spacial score (nSPS) is 13.9. The molecule has 0 spiro atoms. The number of carbonyl (C=O) groups is 2. The van der Waals surface area contributed by atoms with Gasteiger partial charge in [-0.05, 0) is 61.7 Å². The third-order valence-electron chi connectivity index (χ3n) is 6.69. The molecule has 0 atom stereocenters. The summed E-state index contributed by atoms with van der Waals surface area (Å²) < 4.78 is 0.982. The largest absolute Gasteiger partial charge is 0.339 e.